The molecule has 0 aromatic carbocycles. The highest BCUT2D eigenvalue weighted by molar-refractivity contribution is 4.99. The van der Waals surface area contributed by atoms with Crippen LogP contribution in [-0.2, 0) is 6.54 Å². The fraction of sp³-hybridized carbons (Fsp3) is 0.769. The molecule has 92 valence electrons. The molecular formula is C13H25N3. The molecule has 1 atom stereocenters. The normalized spacial score (nSPS) is 13.3. The summed E-state index contributed by atoms with van der Waals surface area (Å²) in [4.78, 5) is 4.22. The van der Waals surface area contributed by atoms with Crippen LogP contribution in [0.15, 0.2) is 12.5 Å². The van der Waals surface area contributed by atoms with Gasteiger partial charge in [-0.2, -0.15) is 0 Å². The van der Waals surface area contributed by atoms with Gasteiger partial charge in [-0.1, -0.05) is 20.3 Å². The largest absolute Gasteiger partial charge is 0.331 e. The SMILES string of the molecule is CCCC(CC)NCc1cncn1C(C)C. The minimum absolute atomic E-state index is 0.491. The molecule has 3 heteroatoms. The first-order valence-electron chi connectivity index (χ1n) is 6.43. The Hall–Kier alpha value is -0.830. The van der Waals surface area contributed by atoms with Crippen molar-refractivity contribution >= 4 is 0 Å². The fourth-order valence-corrected chi connectivity index (χ4v) is 1.98. The highest BCUT2D eigenvalue weighted by Gasteiger charge is 2.08. The lowest BCUT2D eigenvalue weighted by atomic mass is 10.1. The summed E-state index contributed by atoms with van der Waals surface area (Å²) < 4.78 is 2.23. The molecular weight excluding hydrogens is 198 g/mol. The molecule has 1 rings (SSSR count). The molecule has 3 nitrogen and oxygen atoms in total. The lowest BCUT2D eigenvalue weighted by Crippen LogP contribution is -2.28. The third-order valence-electron chi connectivity index (χ3n) is 3.00. The Labute approximate surface area is 99.3 Å². The van der Waals surface area contributed by atoms with E-state index in [-0.39, 0.29) is 0 Å². The van der Waals surface area contributed by atoms with Crippen molar-refractivity contribution < 1.29 is 0 Å². The third-order valence-corrected chi connectivity index (χ3v) is 3.00. The molecule has 0 aliphatic carbocycles. The molecule has 0 spiro atoms. The molecule has 1 heterocycles. The quantitative estimate of drug-likeness (QED) is 0.769. The van der Waals surface area contributed by atoms with E-state index in [1.54, 1.807) is 0 Å². The number of nitrogens with one attached hydrogen (secondary N) is 1. The van der Waals surface area contributed by atoms with E-state index in [1.165, 1.54) is 25.0 Å². The predicted molar refractivity (Wildman–Crippen MR) is 68.4 cm³/mol. The molecule has 1 unspecified atom stereocenters. The molecule has 1 aromatic rings. The minimum atomic E-state index is 0.491. The maximum absolute atomic E-state index is 4.22. The Morgan fingerprint density at radius 1 is 1.38 bits per heavy atom. The number of nitrogens with zero attached hydrogens (tertiary/aromatic N) is 2. The van der Waals surface area contributed by atoms with Crippen molar-refractivity contribution in [1.29, 1.82) is 0 Å². The maximum atomic E-state index is 4.22. The predicted octanol–water partition coefficient (Wildman–Crippen LogP) is 3.13. The molecule has 0 aliphatic heterocycles. The summed E-state index contributed by atoms with van der Waals surface area (Å²) in [6, 6.07) is 1.13. The van der Waals surface area contributed by atoms with Crippen LogP contribution in [0.2, 0.25) is 0 Å². The third kappa shape index (κ3) is 3.63. The zero-order chi connectivity index (χ0) is 12.0. The van der Waals surface area contributed by atoms with Crippen LogP contribution in [-0.4, -0.2) is 15.6 Å². The van der Waals surface area contributed by atoms with Gasteiger partial charge in [0.2, 0.25) is 0 Å². The number of aromatic nitrogens is 2. The minimum Gasteiger partial charge on any atom is -0.331 e. The van der Waals surface area contributed by atoms with E-state index in [0.717, 1.165) is 6.54 Å². The van der Waals surface area contributed by atoms with E-state index in [9.17, 15) is 0 Å². The van der Waals surface area contributed by atoms with Crippen molar-refractivity contribution in [3.63, 3.8) is 0 Å². The first kappa shape index (κ1) is 13.2. The molecule has 0 bridgehead atoms. The maximum Gasteiger partial charge on any atom is 0.0951 e. The van der Waals surface area contributed by atoms with Gasteiger partial charge in [0, 0.05) is 24.8 Å². The highest BCUT2D eigenvalue weighted by Crippen LogP contribution is 2.09. The Morgan fingerprint density at radius 3 is 2.69 bits per heavy atom. The monoisotopic (exact) mass is 223 g/mol. The second-order valence-electron chi connectivity index (χ2n) is 4.66. The summed E-state index contributed by atoms with van der Waals surface area (Å²) >= 11 is 0. The van der Waals surface area contributed by atoms with Crippen LogP contribution in [0, 0.1) is 0 Å². The zero-order valence-electron chi connectivity index (χ0n) is 11.0. The second kappa shape index (κ2) is 6.69. The first-order valence-corrected chi connectivity index (χ1v) is 6.43. The summed E-state index contributed by atoms with van der Waals surface area (Å²) in [5.41, 5.74) is 1.28. The van der Waals surface area contributed by atoms with Crippen LogP contribution in [0.1, 0.15) is 58.7 Å². The van der Waals surface area contributed by atoms with E-state index in [2.05, 4.69) is 42.6 Å². The molecule has 1 N–H and O–H groups in total. The molecule has 1 aromatic heterocycles. The first-order chi connectivity index (χ1) is 7.69. The highest BCUT2D eigenvalue weighted by atomic mass is 15.1. The van der Waals surface area contributed by atoms with Gasteiger partial charge >= 0.3 is 0 Å². The van der Waals surface area contributed by atoms with Gasteiger partial charge in [-0.05, 0) is 26.7 Å². The summed E-state index contributed by atoms with van der Waals surface area (Å²) in [7, 11) is 0. The summed E-state index contributed by atoms with van der Waals surface area (Å²) in [5.74, 6) is 0. The zero-order valence-corrected chi connectivity index (χ0v) is 11.0. The van der Waals surface area contributed by atoms with Gasteiger partial charge in [-0.25, -0.2) is 4.98 Å². The second-order valence-corrected chi connectivity index (χ2v) is 4.66. The van der Waals surface area contributed by atoms with Crippen molar-refractivity contribution in [2.24, 2.45) is 0 Å². The van der Waals surface area contributed by atoms with Crippen LogP contribution >= 0.6 is 0 Å². The van der Waals surface area contributed by atoms with Crippen LogP contribution in [0.5, 0.6) is 0 Å². The fourth-order valence-electron chi connectivity index (χ4n) is 1.98. The van der Waals surface area contributed by atoms with Crippen LogP contribution in [0.3, 0.4) is 0 Å². The van der Waals surface area contributed by atoms with E-state index in [1.807, 2.05) is 12.5 Å². The lowest BCUT2D eigenvalue weighted by Gasteiger charge is -2.18. The van der Waals surface area contributed by atoms with Gasteiger partial charge in [0.15, 0.2) is 0 Å². The van der Waals surface area contributed by atoms with Crippen LogP contribution in [0.25, 0.3) is 0 Å². The van der Waals surface area contributed by atoms with E-state index < -0.39 is 0 Å². The Bertz CT molecular complexity index is 291. The van der Waals surface area contributed by atoms with Gasteiger partial charge < -0.3 is 9.88 Å². The number of imidazole rings is 1. The number of hydrogen-bond acceptors (Lipinski definition) is 2. The molecule has 0 saturated heterocycles. The smallest absolute Gasteiger partial charge is 0.0951 e. The van der Waals surface area contributed by atoms with Crippen molar-refractivity contribution in [2.75, 3.05) is 0 Å². The van der Waals surface area contributed by atoms with Gasteiger partial charge in [0.1, 0.15) is 0 Å². The van der Waals surface area contributed by atoms with Crippen molar-refractivity contribution in [3.05, 3.63) is 18.2 Å². The molecule has 0 saturated carbocycles. The Morgan fingerprint density at radius 2 is 2.12 bits per heavy atom. The van der Waals surface area contributed by atoms with E-state index in [4.69, 9.17) is 0 Å². The van der Waals surface area contributed by atoms with Gasteiger partial charge in [0.25, 0.3) is 0 Å². The number of hydrogen-bond donors (Lipinski definition) is 1. The van der Waals surface area contributed by atoms with E-state index in [0.29, 0.717) is 12.1 Å². The molecule has 0 radical (unpaired) electrons. The average molecular weight is 223 g/mol. The van der Waals surface area contributed by atoms with Crippen molar-refractivity contribution in [1.82, 2.24) is 14.9 Å². The lowest BCUT2D eigenvalue weighted by molar-refractivity contribution is 0.447. The summed E-state index contributed by atoms with van der Waals surface area (Å²) in [5, 5.41) is 3.61. The standard InChI is InChI=1S/C13H25N3/c1-5-7-12(6-2)15-9-13-8-14-10-16(13)11(3)4/h8,10-12,15H,5-7,9H2,1-4H3. The van der Waals surface area contributed by atoms with Gasteiger partial charge in [-0.3, -0.25) is 0 Å². The Balaban J connectivity index is 2.49. The van der Waals surface area contributed by atoms with Gasteiger partial charge in [-0.15, -0.1) is 0 Å². The molecule has 0 fully saturated rings. The molecule has 16 heavy (non-hydrogen) atoms. The van der Waals surface area contributed by atoms with Crippen molar-refractivity contribution in [3.8, 4) is 0 Å². The van der Waals surface area contributed by atoms with Crippen LogP contribution in [0.4, 0.5) is 0 Å². The molecule has 0 aliphatic rings. The van der Waals surface area contributed by atoms with Gasteiger partial charge in [0.05, 0.1) is 12.0 Å². The Kier molecular flexibility index (Phi) is 5.53. The molecule has 0 amide bonds. The van der Waals surface area contributed by atoms with Crippen molar-refractivity contribution in [2.45, 2.75) is 65.6 Å². The van der Waals surface area contributed by atoms with E-state index >= 15 is 0 Å². The topological polar surface area (TPSA) is 29.9 Å². The number of rotatable bonds is 7. The summed E-state index contributed by atoms with van der Waals surface area (Å²) in [6.45, 7) is 9.79. The summed E-state index contributed by atoms with van der Waals surface area (Å²) in [6.07, 6.45) is 7.58. The van der Waals surface area contributed by atoms with Crippen LogP contribution < -0.4 is 5.32 Å². The average Bonchev–Trinajstić information content (AvgIpc) is 2.72.